The first-order valence-corrected chi connectivity index (χ1v) is 4.41. The lowest BCUT2D eigenvalue weighted by molar-refractivity contribution is -0.176. The highest BCUT2D eigenvalue weighted by atomic mass is 16.4. The van der Waals surface area contributed by atoms with Crippen molar-refractivity contribution in [3.63, 3.8) is 0 Å². The molecule has 1 amide bonds. The van der Waals surface area contributed by atoms with E-state index in [1.165, 1.54) is 0 Å². The molecule has 0 fully saturated rings. The SMILES string of the molecule is CC(=O)N[C@](O)(C=O)[C@H](O)[C@@H](O)[C@H](O)CO. The van der Waals surface area contributed by atoms with Crippen molar-refractivity contribution < 1.29 is 35.1 Å². The monoisotopic (exact) mass is 237 g/mol. The molecule has 8 nitrogen and oxygen atoms in total. The van der Waals surface area contributed by atoms with Crippen molar-refractivity contribution in [2.75, 3.05) is 6.61 Å². The number of hydrogen-bond donors (Lipinski definition) is 6. The van der Waals surface area contributed by atoms with Crippen LogP contribution in [0, 0.1) is 0 Å². The van der Waals surface area contributed by atoms with Gasteiger partial charge in [-0.05, 0) is 0 Å². The van der Waals surface area contributed by atoms with E-state index in [0.717, 1.165) is 6.92 Å². The van der Waals surface area contributed by atoms with Gasteiger partial charge in [-0.2, -0.15) is 0 Å². The number of aldehydes is 1. The molecule has 0 spiro atoms. The topological polar surface area (TPSA) is 147 Å². The van der Waals surface area contributed by atoms with Crippen LogP contribution in [-0.4, -0.2) is 68.4 Å². The molecule has 0 aliphatic carbocycles. The maximum atomic E-state index is 10.7. The zero-order valence-corrected chi connectivity index (χ0v) is 8.57. The van der Waals surface area contributed by atoms with E-state index >= 15 is 0 Å². The van der Waals surface area contributed by atoms with Crippen LogP contribution in [-0.2, 0) is 9.59 Å². The Morgan fingerprint density at radius 2 is 1.94 bits per heavy atom. The van der Waals surface area contributed by atoms with Crippen LogP contribution in [0.4, 0.5) is 0 Å². The Labute approximate surface area is 91.1 Å². The predicted molar refractivity (Wildman–Crippen MR) is 49.9 cm³/mol. The molecule has 0 saturated carbocycles. The van der Waals surface area contributed by atoms with Crippen molar-refractivity contribution in [1.29, 1.82) is 0 Å². The zero-order chi connectivity index (χ0) is 12.9. The van der Waals surface area contributed by atoms with E-state index in [9.17, 15) is 24.9 Å². The van der Waals surface area contributed by atoms with Gasteiger partial charge in [-0.3, -0.25) is 9.59 Å². The Bertz CT molecular complexity index is 259. The third-order valence-electron chi connectivity index (χ3n) is 1.91. The van der Waals surface area contributed by atoms with Gasteiger partial charge < -0.3 is 30.8 Å². The van der Waals surface area contributed by atoms with Crippen molar-refractivity contribution in [1.82, 2.24) is 5.32 Å². The minimum absolute atomic E-state index is 0.188. The molecule has 0 bridgehead atoms. The summed E-state index contributed by atoms with van der Waals surface area (Å²) in [5, 5.41) is 47.3. The van der Waals surface area contributed by atoms with Gasteiger partial charge in [0.05, 0.1) is 6.61 Å². The maximum Gasteiger partial charge on any atom is 0.224 e. The first-order chi connectivity index (χ1) is 7.28. The Morgan fingerprint density at radius 1 is 1.44 bits per heavy atom. The van der Waals surface area contributed by atoms with Crippen molar-refractivity contribution in [2.45, 2.75) is 31.0 Å². The van der Waals surface area contributed by atoms with Crippen molar-refractivity contribution >= 4 is 12.2 Å². The Morgan fingerprint density at radius 3 is 2.25 bits per heavy atom. The molecule has 0 heterocycles. The summed E-state index contributed by atoms with van der Waals surface area (Å²) < 4.78 is 0. The van der Waals surface area contributed by atoms with Gasteiger partial charge in [0, 0.05) is 6.92 Å². The molecule has 94 valence electrons. The molecule has 0 aromatic rings. The molecular formula is C8H15NO7. The van der Waals surface area contributed by atoms with E-state index in [1.807, 2.05) is 0 Å². The molecule has 8 heteroatoms. The van der Waals surface area contributed by atoms with E-state index in [2.05, 4.69) is 0 Å². The highest BCUT2D eigenvalue weighted by Crippen LogP contribution is 2.11. The maximum absolute atomic E-state index is 10.7. The van der Waals surface area contributed by atoms with Crippen LogP contribution in [0.3, 0.4) is 0 Å². The van der Waals surface area contributed by atoms with Gasteiger partial charge in [0.15, 0.2) is 6.29 Å². The first kappa shape index (κ1) is 14.9. The van der Waals surface area contributed by atoms with Crippen LogP contribution in [0.25, 0.3) is 0 Å². The number of amides is 1. The summed E-state index contributed by atoms with van der Waals surface area (Å²) in [6.45, 7) is 0.100. The third-order valence-corrected chi connectivity index (χ3v) is 1.91. The Hall–Kier alpha value is -1.06. The quantitative estimate of drug-likeness (QED) is 0.204. The van der Waals surface area contributed by atoms with Crippen LogP contribution in [0.5, 0.6) is 0 Å². The van der Waals surface area contributed by atoms with Gasteiger partial charge in [-0.25, -0.2) is 0 Å². The summed E-state index contributed by atoms with van der Waals surface area (Å²) in [7, 11) is 0. The fourth-order valence-electron chi connectivity index (χ4n) is 1.03. The smallest absolute Gasteiger partial charge is 0.224 e. The van der Waals surface area contributed by atoms with Gasteiger partial charge in [0.2, 0.25) is 11.6 Å². The van der Waals surface area contributed by atoms with Crippen molar-refractivity contribution in [3.05, 3.63) is 0 Å². The molecule has 6 N–H and O–H groups in total. The summed E-state index contributed by atoms with van der Waals surface area (Å²) >= 11 is 0. The minimum atomic E-state index is -2.72. The van der Waals surface area contributed by atoms with E-state index in [-0.39, 0.29) is 6.29 Å². The second-order valence-electron chi connectivity index (χ2n) is 3.31. The zero-order valence-electron chi connectivity index (χ0n) is 8.57. The number of carbonyl (C=O) groups is 2. The number of nitrogens with one attached hydrogen (secondary N) is 1. The van der Waals surface area contributed by atoms with Gasteiger partial charge in [-0.15, -0.1) is 0 Å². The minimum Gasteiger partial charge on any atom is -0.394 e. The average molecular weight is 237 g/mol. The van der Waals surface area contributed by atoms with Crippen LogP contribution in [0.2, 0.25) is 0 Å². The van der Waals surface area contributed by atoms with Gasteiger partial charge >= 0.3 is 0 Å². The molecule has 0 saturated heterocycles. The van der Waals surface area contributed by atoms with E-state index in [4.69, 9.17) is 10.2 Å². The molecular weight excluding hydrogens is 222 g/mol. The second kappa shape index (κ2) is 5.87. The molecule has 4 atom stereocenters. The molecule has 0 aromatic heterocycles. The lowest BCUT2D eigenvalue weighted by atomic mass is 9.99. The van der Waals surface area contributed by atoms with E-state index < -0.39 is 36.6 Å². The average Bonchev–Trinajstić information content (AvgIpc) is 2.24. The molecule has 0 aromatic carbocycles. The molecule has 0 aliphatic rings. The van der Waals surface area contributed by atoms with Crippen LogP contribution < -0.4 is 5.32 Å². The first-order valence-electron chi connectivity index (χ1n) is 4.41. The lowest BCUT2D eigenvalue weighted by Gasteiger charge is -2.32. The van der Waals surface area contributed by atoms with Crippen molar-refractivity contribution in [2.24, 2.45) is 0 Å². The third kappa shape index (κ3) is 3.51. The summed E-state index contributed by atoms with van der Waals surface area (Å²) in [4.78, 5) is 21.2. The molecule has 0 rings (SSSR count). The van der Waals surface area contributed by atoms with Gasteiger partial charge in [0.1, 0.15) is 18.3 Å². The van der Waals surface area contributed by atoms with Gasteiger partial charge in [-0.1, -0.05) is 0 Å². The number of carbonyl (C=O) groups excluding carboxylic acids is 2. The molecule has 16 heavy (non-hydrogen) atoms. The summed E-state index contributed by atoms with van der Waals surface area (Å²) in [5.41, 5.74) is -2.72. The summed E-state index contributed by atoms with van der Waals surface area (Å²) in [5.74, 6) is -0.820. The standard InChI is InChI=1S/C8H15NO7/c1-4(12)9-8(16,3-11)7(15)6(14)5(13)2-10/h3,5-7,10,13-16H,2H2,1H3,(H,9,12)/t5-,6+,7-,8+/m1/s1. The normalized spacial score (nSPS) is 20.4. The fraction of sp³-hybridized carbons (Fsp3) is 0.750. The largest absolute Gasteiger partial charge is 0.394 e. The van der Waals surface area contributed by atoms with Crippen LogP contribution in [0.15, 0.2) is 0 Å². The summed E-state index contributed by atoms with van der Waals surface area (Å²) in [6.07, 6.45) is -6.11. The molecule has 0 radical (unpaired) electrons. The Balaban J connectivity index is 4.81. The van der Waals surface area contributed by atoms with Crippen LogP contribution >= 0.6 is 0 Å². The summed E-state index contributed by atoms with van der Waals surface area (Å²) in [6, 6.07) is 0. The second-order valence-corrected chi connectivity index (χ2v) is 3.31. The van der Waals surface area contributed by atoms with E-state index in [0.29, 0.717) is 0 Å². The predicted octanol–water partition coefficient (Wildman–Crippen LogP) is -3.91. The highest BCUT2D eigenvalue weighted by molar-refractivity contribution is 5.79. The number of hydrogen-bond acceptors (Lipinski definition) is 7. The van der Waals surface area contributed by atoms with E-state index in [1.54, 1.807) is 5.32 Å². The fourth-order valence-corrected chi connectivity index (χ4v) is 1.03. The number of aliphatic hydroxyl groups excluding tert-OH is 4. The number of aliphatic hydroxyl groups is 5. The highest BCUT2D eigenvalue weighted by Gasteiger charge is 2.43. The van der Waals surface area contributed by atoms with Crippen LogP contribution in [0.1, 0.15) is 6.92 Å². The molecule has 0 aliphatic heterocycles. The Kier molecular flexibility index (Phi) is 5.48. The molecule has 0 unspecified atom stereocenters. The number of rotatable bonds is 6. The van der Waals surface area contributed by atoms with Crippen molar-refractivity contribution in [3.8, 4) is 0 Å². The lowest BCUT2D eigenvalue weighted by Crippen LogP contribution is -2.63. The van der Waals surface area contributed by atoms with Gasteiger partial charge in [0.25, 0.3) is 0 Å².